The number of hydrogen-bond acceptors (Lipinski definition) is 4. The maximum Gasteiger partial charge on any atom is 0.222 e. The highest BCUT2D eigenvalue weighted by molar-refractivity contribution is 7.09. The van der Waals surface area contributed by atoms with E-state index in [9.17, 15) is 4.79 Å². The molecule has 1 amide bonds. The summed E-state index contributed by atoms with van der Waals surface area (Å²) in [6.45, 7) is 1.92. The molecule has 2 aromatic rings. The fraction of sp³-hybridized carbons (Fsp3) is 0.286. The van der Waals surface area contributed by atoms with Crippen LogP contribution in [0.2, 0.25) is 0 Å². The molecule has 19 heavy (non-hydrogen) atoms. The van der Waals surface area contributed by atoms with Gasteiger partial charge in [0.2, 0.25) is 5.91 Å². The highest BCUT2D eigenvalue weighted by Crippen LogP contribution is 2.17. The van der Waals surface area contributed by atoms with E-state index in [4.69, 9.17) is 5.73 Å². The third kappa shape index (κ3) is 3.87. The fourth-order valence-corrected chi connectivity index (χ4v) is 2.47. The second kappa shape index (κ2) is 6.45. The zero-order chi connectivity index (χ0) is 13.7. The van der Waals surface area contributed by atoms with Crippen molar-refractivity contribution < 1.29 is 4.79 Å². The van der Waals surface area contributed by atoms with Crippen LogP contribution in [0.1, 0.15) is 36.0 Å². The van der Waals surface area contributed by atoms with Crippen LogP contribution in [0.25, 0.3) is 0 Å². The molecule has 2 atom stereocenters. The number of nitrogens with two attached hydrogens (primary N) is 1. The van der Waals surface area contributed by atoms with Gasteiger partial charge in [-0.1, -0.05) is 30.3 Å². The summed E-state index contributed by atoms with van der Waals surface area (Å²) < 4.78 is 0. The van der Waals surface area contributed by atoms with Crippen LogP contribution in [0.3, 0.4) is 0 Å². The third-order valence-electron chi connectivity index (χ3n) is 2.83. The molecule has 0 bridgehead atoms. The Morgan fingerprint density at radius 2 is 2.16 bits per heavy atom. The molecule has 0 saturated heterocycles. The number of benzene rings is 1. The SMILES string of the molecule is CC(NC(=O)CC(N)c1ccccc1)c1nccs1. The van der Waals surface area contributed by atoms with Gasteiger partial charge >= 0.3 is 0 Å². The van der Waals surface area contributed by atoms with E-state index >= 15 is 0 Å². The first-order valence-corrected chi connectivity index (χ1v) is 7.04. The first-order valence-electron chi connectivity index (χ1n) is 6.16. The zero-order valence-corrected chi connectivity index (χ0v) is 11.6. The molecule has 1 heterocycles. The minimum atomic E-state index is -0.273. The molecule has 0 aliphatic carbocycles. The maximum atomic E-state index is 11.9. The van der Waals surface area contributed by atoms with E-state index in [0.717, 1.165) is 10.6 Å². The predicted octanol–water partition coefficient (Wildman–Crippen LogP) is 2.41. The van der Waals surface area contributed by atoms with E-state index in [2.05, 4.69) is 10.3 Å². The van der Waals surface area contributed by atoms with Gasteiger partial charge in [0.25, 0.3) is 0 Å². The van der Waals surface area contributed by atoms with Gasteiger partial charge in [-0.05, 0) is 12.5 Å². The van der Waals surface area contributed by atoms with Crippen LogP contribution in [0.5, 0.6) is 0 Å². The topological polar surface area (TPSA) is 68.0 Å². The first kappa shape index (κ1) is 13.7. The number of amides is 1. The van der Waals surface area contributed by atoms with Crippen LogP contribution >= 0.6 is 11.3 Å². The van der Waals surface area contributed by atoms with Gasteiger partial charge in [-0.3, -0.25) is 4.79 Å². The molecular weight excluding hydrogens is 258 g/mol. The van der Waals surface area contributed by atoms with Crippen molar-refractivity contribution in [2.75, 3.05) is 0 Å². The van der Waals surface area contributed by atoms with Gasteiger partial charge in [0, 0.05) is 24.0 Å². The van der Waals surface area contributed by atoms with Crippen LogP contribution in [0, 0.1) is 0 Å². The average molecular weight is 275 g/mol. The molecule has 2 unspecified atom stereocenters. The predicted molar refractivity (Wildman–Crippen MR) is 76.7 cm³/mol. The maximum absolute atomic E-state index is 11.9. The van der Waals surface area contributed by atoms with Gasteiger partial charge in [0.1, 0.15) is 5.01 Å². The van der Waals surface area contributed by atoms with Gasteiger partial charge in [-0.25, -0.2) is 4.98 Å². The molecule has 0 radical (unpaired) electrons. The molecule has 4 nitrogen and oxygen atoms in total. The van der Waals surface area contributed by atoms with Crippen LogP contribution in [0.4, 0.5) is 0 Å². The van der Waals surface area contributed by atoms with Crippen LogP contribution in [-0.2, 0) is 4.79 Å². The highest BCUT2D eigenvalue weighted by Gasteiger charge is 2.15. The van der Waals surface area contributed by atoms with Crippen molar-refractivity contribution in [1.82, 2.24) is 10.3 Å². The number of thiazole rings is 1. The summed E-state index contributed by atoms with van der Waals surface area (Å²) in [7, 11) is 0. The Bertz CT molecular complexity index is 513. The van der Waals surface area contributed by atoms with Gasteiger partial charge in [0.05, 0.1) is 6.04 Å². The van der Waals surface area contributed by atoms with E-state index in [1.54, 1.807) is 6.20 Å². The molecular formula is C14H17N3OS. The van der Waals surface area contributed by atoms with Gasteiger partial charge < -0.3 is 11.1 Å². The molecule has 1 aromatic heterocycles. The molecule has 2 rings (SSSR count). The third-order valence-corrected chi connectivity index (χ3v) is 3.79. The lowest BCUT2D eigenvalue weighted by atomic mass is 10.0. The number of carbonyl (C=O) groups excluding carboxylic acids is 1. The number of hydrogen-bond donors (Lipinski definition) is 2. The van der Waals surface area contributed by atoms with Crippen LogP contribution < -0.4 is 11.1 Å². The monoisotopic (exact) mass is 275 g/mol. The van der Waals surface area contributed by atoms with Crippen molar-refractivity contribution in [3.8, 4) is 0 Å². The van der Waals surface area contributed by atoms with Crippen molar-refractivity contribution in [1.29, 1.82) is 0 Å². The Balaban J connectivity index is 1.88. The second-order valence-corrected chi connectivity index (χ2v) is 5.31. The molecule has 0 fully saturated rings. The summed E-state index contributed by atoms with van der Waals surface area (Å²) >= 11 is 1.53. The number of nitrogens with zero attached hydrogens (tertiary/aromatic N) is 1. The lowest BCUT2D eigenvalue weighted by molar-refractivity contribution is -0.122. The van der Waals surface area contributed by atoms with E-state index in [1.165, 1.54) is 11.3 Å². The molecule has 100 valence electrons. The smallest absolute Gasteiger partial charge is 0.222 e. The normalized spacial score (nSPS) is 13.8. The van der Waals surface area contributed by atoms with E-state index in [1.807, 2.05) is 42.6 Å². The first-order chi connectivity index (χ1) is 9.16. The van der Waals surface area contributed by atoms with Gasteiger partial charge in [-0.15, -0.1) is 11.3 Å². The molecule has 1 aromatic carbocycles. The quantitative estimate of drug-likeness (QED) is 0.880. The van der Waals surface area contributed by atoms with Gasteiger partial charge in [0.15, 0.2) is 0 Å². The number of nitrogens with one attached hydrogen (secondary N) is 1. The minimum Gasteiger partial charge on any atom is -0.347 e. The summed E-state index contributed by atoms with van der Waals surface area (Å²) in [5, 5.41) is 5.71. The zero-order valence-electron chi connectivity index (χ0n) is 10.7. The van der Waals surface area contributed by atoms with E-state index in [-0.39, 0.29) is 24.4 Å². The van der Waals surface area contributed by atoms with E-state index < -0.39 is 0 Å². The standard InChI is InChI=1S/C14H17N3OS/c1-10(14-16-7-8-19-14)17-13(18)9-12(15)11-5-3-2-4-6-11/h2-8,10,12H,9,15H2,1H3,(H,17,18). The van der Waals surface area contributed by atoms with Crippen molar-refractivity contribution >= 4 is 17.2 Å². The van der Waals surface area contributed by atoms with Gasteiger partial charge in [-0.2, -0.15) is 0 Å². The minimum absolute atomic E-state index is 0.0564. The summed E-state index contributed by atoms with van der Waals surface area (Å²) in [6.07, 6.45) is 2.01. The molecule has 3 N–H and O–H groups in total. The van der Waals surface area contributed by atoms with Crippen molar-refractivity contribution in [3.05, 3.63) is 52.5 Å². The molecule has 0 saturated carbocycles. The Kier molecular flexibility index (Phi) is 4.65. The molecule has 0 aliphatic heterocycles. The van der Waals surface area contributed by atoms with E-state index in [0.29, 0.717) is 0 Å². The fourth-order valence-electron chi connectivity index (χ4n) is 1.83. The Morgan fingerprint density at radius 1 is 1.42 bits per heavy atom. The summed E-state index contributed by atoms with van der Waals surface area (Å²) in [6, 6.07) is 9.29. The lowest BCUT2D eigenvalue weighted by Gasteiger charge is -2.15. The highest BCUT2D eigenvalue weighted by atomic mass is 32.1. The summed E-state index contributed by atoms with van der Waals surface area (Å²) in [5.74, 6) is -0.0564. The average Bonchev–Trinajstić information content (AvgIpc) is 2.93. The number of rotatable bonds is 5. The molecule has 0 spiro atoms. The van der Waals surface area contributed by atoms with Crippen molar-refractivity contribution in [2.24, 2.45) is 5.73 Å². The number of carbonyl (C=O) groups is 1. The summed E-state index contributed by atoms with van der Waals surface area (Å²) in [4.78, 5) is 16.1. The molecule has 5 heteroatoms. The largest absolute Gasteiger partial charge is 0.347 e. The number of aromatic nitrogens is 1. The Labute approximate surface area is 116 Å². The van der Waals surface area contributed by atoms with Crippen molar-refractivity contribution in [3.63, 3.8) is 0 Å². The van der Waals surface area contributed by atoms with Crippen LogP contribution in [0.15, 0.2) is 41.9 Å². The Hall–Kier alpha value is -1.72. The molecule has 0 aliphatic rings. The Morgan fingerprint density at radius 3 is 2.79 bits per heavy atom. The summed E-state index contributed by atoms with van der Waals surface area (Å²) in [5.41, 5.74) is 6.99. The lowest BCUT2D eigenvalue weighted by Crippen LogP contribution is -2.29. The second-order valence-electron chi connectivity index (χ2n) is 4.38. The van der Waals surface area contributed by atoms with Crippen molar-refractivity contribution in [2.45, 2.75) is 25.4 Å². The van der Waals surface area contributed by atoms with Crippen LogP contribution in [-0.4, -0.2) is 10.9 Å².